The van der Waals surface area contributed by atoms with Crippen LogP contribution in [0.3, 0.4) is 0 Å². The van der Waals surface area contributed by atoms with Crippen molar-refractivity contribution >= 4 is 19.6 Å². The van der Waals surface area contributed by atoms with E-state index in [9.17, 15) is 14.7 Å². The molecule has 0 radical (unpaired) electrons. The Balaban J connectivity index is 3.51. The summed E-state index contributed by atoms with van der Waals surface area (Å²) < 4.78 is 9.91. The maximum Gasteiger partial charge on any atom is 0.229 e. The number of carbonyl (C=O) groups excluding carboxylic acids is 2. The minimum Gasteiger partial charge on any atom is -0.490 e. The van der Waals surface area contributed by atoms with E-state index in [2.05, 4.69) is 0 Å². The second-order valence-electron chi connectivity index (χ2n) is 4.99. The van der Waals surface area contributed by atoms with Crippen molar-refractivity contribution in [2.75, 3.05) is 20.8 Å². The molecule has 0 saturated heterocycles. The van der Waals surface area contributed by atoms with Crippen LogP contribution in [0, 0.1) is 0 Å². The van der Waals surface area contributed by atoms with E-state index in [4.69, 9.17) is 9.47 Å². The van der Waals surface area contributed by atoms with Crippen LogP contribution in [0.1, 0.15) is 0 Å². The third-order valence-corrected chi connectivity index (χ3v) is 4.77. The van der Waals surface area contributed by atoms with Crippen LogP contribution in [0.4, 0.5) is 0 Å². The summed E-state index contributed by atoms with van der Waals surface area (Å²) in [4.78, 5) is 24.5. The van der Waals surface area contributed by atoms with Crippen LogP contribution < -0.4 is 0 Å². The molecular formula is C12H18O5Si. The second-order valence-corrected chi connectivity index (χ2v) is 9.99. The summed E-state index contributed by atoms with van der Waals surface area (Å²) in [6.07, 6.45) is 0. The van der Waals surface area contributed by atoms with Gasteiger partial charge in [-0.3, -0.25) is 9.59 Å². The van der Waals surface area contributed by atoms with Crippen molar-refractivity contribution in [1.29, 1.82) is 0 Å². The van der Waals surface area contributed by atoms with E-state index in [1.54, 1.807) is 0 Å². The quantitative estimate of drug-likeness (QED) is 0.604. The third kappa shape index (κ3) is 2.25. The number of aliphatic hydroxyl groups is 1. The number of aliphatic hydroxyl groups excluding tert-OH is 1. The Hall–Kier alpha value is -1.40. The van der Waals surface area contributed by atoms with Crippen molar-refractivity contribution in [3.05, 3.63) is 22.3 Å². The molecule has 1 aliphatic carbocycles. The van der Waals surface area contributed by atoms with Crippen LogP contribution in [0.5, 0.6) is 0 Å². The van der Waals surface area contributed by atoms with Crippen LogP contribution in [0.2, 0.25) is 19.6 Å². The van der Waals surface area contributed by atoms with E-state index in [1.165, 1.54) is 14.2 Å². The molecule has 0 aromatic carbocycles. The minimum atomic E-state index is -2.07. The Kier molecular flexibility index (Phi) is 4.13. The van der Waals surface area contributed by atoms with E-state index in [0.29, 0.717) is 5.20 Å². The van der Waals surface area contributed by atoms with Crippen molar-refractivity contribution < 1.29 is 24.2 Å². The Labute approximate surface area is 107 Å². The number of methoxy groups -OCH3 is 2. The molecule has 0 saturated carbocycles. The number of Topliss-reactive ketones (excluding diaryl/α,β-unsaturated/α-hetero) is 2. The fourth-order valence-corrected chi connectivity index (χ4v) is 3.91. The van der Waals surface area contributed by atoms with Gasteiger partial charge < -0.3 is 14.6 Å². The van der Waals surface area contributed by atoms with Crippen LogP contribution in [-0.2, 0) is 19.1 Å². The maximum atomic E-state index is 12.3. The zero-order valence-electron chi connectivity index (χ0n) is 11.3. The summed E-state index contributed by atoms with van der Waals surface area (Å²) in [7, 11) is 0.558. The number of rotatable bonds is 4. The van der Waals surface area contributed by atoms with E-state index in [0.717, 1.165) is 0 Å². The summed E-state index contributed by atoms with van der Waals surface area (Å²) in [6.45, 7) is 5.35. The molecule has 0 heterocycles. The van der Waals surface area contributed by atoms with E-state index >= 15 is 0 Å². The van der Waals surface area contributed by atoms with Gasteiger partial charge in [0.15, 0.2) is 0 Å². The average molecular weight is 270 g/mol. The van der Waals surface area contributed by atoms with Crippen molar-refractivity contribution in [2.45, 2.75) is 19.6 Å². The molecule has 0 atom stereocenters. The largest absolute Gasteiger partial charge is 0.490 e. The average Bonchev–Trinajstić information content (AvgIpc) is 2.28. The van der Waals surface area contributed by atoms with Gasteiger partial charge in [-0.15, -0.1) is 0 Å². The highest BCUT2D eigenvalue weighted by molar-refractivity contribution is 6.88. The summed E-state index contributed by atoms with van der Waals surface area (Å²) in [5.41, 5.74) is 0.136. The maximum absolute atomic E-state index is 12.3. The van der Waals surface area contributed by atoms with Gasteiger partial charge in [0, 0.05) is 5.57 Å². The fourth-order valence-electron chi connectivity index (χ4n) is 2.02. The molecule has 100 valence electrons. The molecule has 0 aliphatic heterocycles. The van der Waals surface area contributed by atoms with Gasteiger partial charge in [-0.2, -0.15) is 0 Å². The second kappa shape index (κ2) is 5.07. The Morgan fingerprint density at radius 1 is 1.00 bits per heavy atom. The lowest BCUT2D eigenvalue weighted by Crippen LogP contribution is -2.38. The molecule has 0 spiro atoms. The monoisotopic (exact) mass is 270 g/mol. The van der Waals surface area contributed by atoms with E-state index < -0.39 is 20.5 Å². The molecule has 0 aromatic heterocycles. The highest BCUT2D eigenvalue weighted by atomic mass is 28.3. The number of ketones is 2. The van der Waals surface area contributed by atoms with E-state index in [1.807, 2.05) is 19.6 Å². The first kappa shape index (κ1) is 14.7. The molecule has 18 heavy (non-hydrogen) atoms. The molecule has 6 heteroatoms. The van der Waals surface area contributed by atoms with Gasteiger partial charge in [0.1, 0.15) is 0 Å². The fraction of sp³-hybridized carbons (Fsp3) is 0.500. The van der Waals surface area contributed by atoms with Gasteiger partial charge in [-0.1, -0.05) is 19.6 Å². The van der Waals surface area contributed by atoms with Crippen LogP contribution in [0.25, 0.3) is 0 Å². The van der Waals surface area contributed by atoms with Gasteiger partial charge >= 0.3 is 0 Å². The van der Waals surface area contributed by atoms with Crippen LogP contribution in [-0.4, -0.2) is 45.6 Å². The summed E-state index contributed by atoms with van der Waals surface area (Å²) >= 11 is 0. The standard InChI is InChI=1S/C12H18O5Si/c1-16-10-8(14)7(6-13)12(18(3,4)5)9(15)11(10)17-2/h13H,6H2,1-5H3. The normalized spacial score (nSPS) is 17.4. The zero-order chi connectivity index (χ0) is 14.1. The molecule has 1 rings (SSSR count). The van der Waals surface area contributed by atoms with Gasteiger partial charge in [0.05, 0.1) is 28.9 Å². The first-order valence-electron chi connectivity index (χ1n) is 5.55. The number of hydrogen-bond acceptors (Lipinski definition) is 5. The predicted octanol–water partition coefficient (Wildman–Crippen LogP) is 0.809. The molecule has 1 aliphatic rings. The number of ether oxygens (including phenoxy) is 2. The first-order valence-corrected chi connectivity index (χ1v) is 9.05. The number of carbonyl (C=O) groups is 2. The Morgan fingerprint density at radius 3 is 1.78 bits per heavy atom. The number of allylic oxidation sites excluding steroid dienone is 2. The predicted molar refractivity (Wildman–Crippen MR) is 68.5 cm³/mol. The minimum absolute atomic E-state index is 0.0721. The molecule has 0 amide bonds. The van der Waals surface area contributed by atoms with Crippen molar-refractivity contribution in [1.82, 2.24) is 0 Å². The smallest absolute Gasteiger partial charge is 0.229 e. The molecule has 0 fully saturated rings. The van der Waals surface area contributed by atoms with Crippen LogP contribution in [0.15, 0.2) is 22.3 Å². The number of hydrogen-bond donors (Lipinski definition) is 1. The highest BCUT2D eigenvalue weighted by Crippen LogP contribution is 2.31. The third-order valence-electron chi connectivity index (χ3n) is 2.74. The Morgan fingerprint density at radius 2 is 1.44 bits per heavy atom. The van der Waals surface area contributed by atoms with Crippen molar-refractivity contribution in [3.8, 4) is 0 Å². The van der Waals surface area contributed by atoms with Gasteiger partial charge in [-0.05, 0) is 5.20 Å². The summed E-state index contributed by atoms with van der Waals surface area (Å²) in [5, 5.41) is 9.77. The van der Waals surface area contributed by atoms with Gasteiger partial charge in [0.25, 0.3) is 0 Å². The lowest BCUT2D eigenvalue weighted by atomic mass is 10.0. The lowest BCUT2D eigenvalue weighted by molar-refractivity contribution is -0.121. The highest BCUT2D eigenvalue weighted by Gasteiger charge is 2.41. The summed E-state index contributed by atoms with van der Waals surface area (Å²) in [5.74, 6) is -1.02. The SMILES string of the molecule is COC1=C(OC)C(=O)C([Si](C)(C)C)=C(CO)C1=O. The lowest BCUT2D eigenvalue weighted by Gasteiger charge is -2.27. The Bertz CT molecular complexity index is 454. The molecule has 1 N–H and O–H groups in total. The molecular weight excluding hydrogens is 252 g/mol. The molecule has 0 aromatic rings. The van der Waals surface area contributed by atoms with Gasteiger partial charge in [0.2, 0.25) is 23.1 Å². The van der Waals surface area contributed by atoms with Crippen molar-refractivity contribution in [3.63, 3.8) is 0 Å². The zero-order valence-corrected chi connectivity index (χ0v) is 12.3. The molecule has 0 unspecified atom stereocenters. The first-order chi connectivity index (χ1) is 8.29. The molecule has 5 nitrogen and oxygen atoms in total. The van der Waals surface area contributed by atoms with Crippen molar-refractivity contribution in [2.24, 2.45) is 0 Å². The molecule has 0 bridgehead atoms. The van der Waals surface area contributed by atoms with E-state index in [-0.39, 0.29) is 22.9 Å². The van der Waals surface area contributed by atoms with Gasteiger partial charge in [-0.25, -0.2) is 0 Å². The topological polar surface area (TPSA) is 72.8 Å². The summed E-state index contributed by atoms with van der Waals surface area (Å²) in [6, 6.07) is 0. The van der Waals surface area contributed by atoms with Crippen LogP contribution >= 0.6 is 0 Å².